The molecular weight excluding hydrogens is 437 g/mol. The topological polar surface area (TPSA) is 46.9 Å². The van der Waals surface area contributed by atoms with Gasteiger partial charge in [0.1, 0.15) is 11.6 Å². The maximum absolute atomic E-state index is 13.7. The second-order valence-electron chi connectivity index (χ2n) is 8.83. The number of amides is 1. The maximum atomic E-state index is 13.7. The normalized spacial score (nSPS) is 11.2. The Kier molecular flexibility index (Phi) is 6.85. The number of hydrogen-bond donors (Lipinski definition) is 1. The van der Waals surface area contributed by atoms with Gasteiger partial charge in [-0.15, -0.1) is 0 Å². The van der Waals surface area contributed by atoms with Crippen molar-refractivity contribution in [3.05, 3.63) is 114 Å². The molecule has 0 spiro atoms. The van der Waals surface area contributed by atoms with Gasteiger partial charge in [-0.1, -0.05) is 67.1 Å². The Morgan fingerprint density at radius 3 is 2.49 bits per heavy atom. The Hall–Kier alpha value is -3.99. The molecule has 0 fully saturated rings. The molecule has 0 radical (unpaired) electrons. The highest BCUT2D eigenvalue weighted by Crippen LogP contribution is 2.22. The fourth-order valence-electron chi connectivity index (χ4n) is 4.54. The van der Waals surface area contributed by atoms with Crippen molar-refractivity contribution < 1.29 is 9.18 Å². The van der Waals surface area contributed by atoms with Crippen LogP contribution in [0.25, 0.3) is 21.8 Å². The quantitative estimate of drug-likeness (QED) is 0.252. The first kappa shape index (κ1) is 22.8. The van der Waals surface area contributed by atoms with E-state index in [1.54, 1.807) is 12.1 Å². The minimum atomic E-state index is -0.490. The number of fused-ring (bicyclic) bond motifs is 2. The molecule has 1 amide bonds. The fourth-order valence-corrected chi connectivity index (χ4v) is 4.54. The van der Waals surface area contributed by atoms with Crippen LogP contribution >= 0.6 is 0 Å². The van der Waals surface area contributed by atoms with Crippen LogP contribution in [0.5, 0.6) is 0 Å². The van der Waals surface area contributed by atoms with Gasteiger partial charge in [-0.3, -0.25) is 4.79 Å². The van der Waals surface area contributed by atoms with Gasteiger partial charge in [0.05, 0.1) is 16.6 Å². The molecule has 0 aliphatic carbocycles. The number of hydrogen-bond acceptors (Lipinski definition) is 2. The summed E-state index contributed by atoms with van der Waals surface area (Å²) in [6, 6.07) is 29.4. The Labute approximate surface area is 204 Å². The molecule has 0 saturated heterocycles. The predicted molar refractivity (Wildman–Crippen MR) is 139 cm³/mol. The van der Waals surface area contributed by atoms with E-state index in [0.29, 0.717) is 6.54 Å². The average molecular weight is 466 g/mol. The van der Waals surface area contributed by atoms with E-state index in [9.17, 15) is 9.18 Å². The summed E-state index contributed by atoms with van der Waals surface area (Å²) >= 11 is 0. The van der Waals surface area contributed by atoms with Crippen LogP contribution in [0, 0.1) is 5.82 Å². The highest BCUT2D eigenvalue weighted by atomic mass is 19.1. The molecule has 0 atom stereocenters. The minimum Gasteiger partial charge on any atom is -0.352 e. The van der Waals surface area contributed by atoms with E-state index in [4.69, 9.17) is 4.98 Å². The molecule has 5 heteroatoms. The van der Waals surface area contributed by atoms with Crippen LogP contribution in [0.2, 0.25) is 0 Å². The summed E-state index contributed by atoms with van der Waals surface area (Å²) in [6.45, 7) is 1.31. The van der Waals surface area contributed by atoms with Crippen molar-refractivity contribution in [3.8, 4) is 0 Å². The molecule has 0 bridgehead atoms. The van der Waals surface area contributed by atoms with Gasteiger partial charge in [0.2, 0.25) is 0 Å². The molecule has 5 aromatic rings. The molecule has 5 rings (SSSR count). The molecule has 0 saturated carbocycles. The van der Waals surface area contributed by atoms with Gasteiger partial charge in [0.15, 0.2) is 0 Å². The van der Waals surface area contributed by atoms with Crippen LogP contribution in [-0.2, 0) is 13.0 Å². The lowest BCUT2D eigenvalue weighted by Crippen LogP contribution is -2.25. The number of aromatic nitrogens is 2. The molecule has 0 aliphatic heterocycles. The zero-order valence-electron chi connectivity index (χ0n) is 19.6. The van der Waals surface area contributed by atoms with Crippen molar-refractivity contribution in [2.75, 3.05) is 6.54 Å². The second kappa shape index (κ2) is 10.5. The smallest absolute Gasteiger partial charge is 0.254 e. The second-order valence-corrected chi connectivity index (χ2v) is 8.83. The number of rotatable bonds is 9. The van der Waals surface area contributed by atoms with Crippen molar-refractivity contribution in [1.29, 1.82) is 0 Å². The minimum absolute atomic E-state index is 0.0925. The third kappa shape index (κ3) is 5.24. The van der Waals surface area contributed by atoms with Gasteiger partial charge in [0.25, 0.3) is 5.91 Å². The monoisotopic (exact) mass is 465 g/mol. The van der Waals surface area contributed by atoms with Gasteiger partial charge in [-0.05, 0) is 59.5 Å². The van der Waals surface area contributed by atoms with Gasteiger partial charge in [-0.25, -0.2) is 9.37 Å². The van der Waals surface area contributed by atoms with Gasteiger partial charge < -0.3 is 9.88 Å². The number of para-hydroxylation sites is 2. The van der Waals surface area contributed by atoms with E-state index < -0.39 is 5.82 Å². The predicted octanol–water partition coefficient (Wildman–Crippen LogP) is 6.52. The first-order chi connectivity index (χ1) is 17.2. The lowest BCUT2D eigenvalue weighted by molar-refractivity contribution is 0.0949. The van der Waals surface area contributed by atoms with Crippen LogP contribution in [0.3, 0.4) is 0 Å². The zero-order chi connectivity index (χ0) is 24.0. The Bertz CT molecular complexity index is 1470. The number of nitrogens with one attached hydrogen (secondary N) is 1. The summed E-state index contributed by atoms with van der Waals surface area (Å²) in [7, 11) is 0. The van der Waals surface area contributed by atoms with Crippen LogP contribution in [0.15, 0.2) is 91.0 Å². The van der Waals surface area contributed by atoms with Gasteiger partial charge in [-0.2, -0.15) is 0 Å². The standard InChI is InChI=1S/C30H28FN3O/c31-26-13-6-5-12-25(26)30(35)32-19-9-1-2-16-29-33-27-14-7-8-15-28(27)34(29)21-22-17-18-23-10-3-4-11-24(23)20-22/h3-8,10-15,17-18,20H,1-2,9,16,19,21H2,(H,32,35). The highest BCUT2D eigenvalue weighted by Gasteiger charge is 2.12. The first-order valence-electron chi connectivity index (χ1n) is 12.1. The number of unbranched alkanes of at least 4 members (excludes halogenated alkanes) is 2. The summed E-state index contributed by atoms with van der Waals surface area (Å²) in [5.41, 5.74) is 3.51. The third-order valence-corrected chi connectivity index (χ3v) is 6.37. The fraction of sp³-hybridized carbons (Fsp3) is 0.200. The van der Waals surface area contributed by atoms with Crippen molar-refractivity contribution in [3.63, 3.8) is 0 Å². The largest absolute Gasteiger partial charge is 0.352 e. The number of carbonyl (C=O) groups excluding carboxylic acids is 1. The summed E-state index contributed by atoms with van der Waals surface area (Å²) in [5.74, 6) is 0.227. The van der Waals surface area contributed by atoms with Crippen molar-refractivity contribution >= 4 is 27.7 Å². The molecule has 4 aromatic carbocycles. The van der Waals surface area contributed by atoms with Crippen molar-refractivity contribution in [2.24, 2.45) is 0 Å². The highest BCUT2D eigenvalue weighted by molar-refractivity contribution is 5.94. The molecule has 176 valence electrons. The number of benzene rings is 4. The Morgan fingerprint density at radius 2 is 1.60 bits per heavy atom. The molecule has 0 aliphatic rings. The van der Waals surface area contributed by atoms with Crippen molar-refractivity contribution in [2.45, 2.75) is 32.2 Å². The van der Waals surface area contributed by atoms with E-state index in [2.05, 4.69) is 70.5 Å². The number of aryl methyl sites for hydroxylation is 1. The van der Waals surface area contributed by atoms with E-state index in [0.717, 1.165) is 49.1 Å². The summed E-state index contributed by atoms with van der Waals surface area (Å²) in [4.78, 5) is 17.1. The number of imidazole rings is 1. The number of halogens is 1. The lowest BCUT2D eigenvalue weighted by Gasteiger charge is -2.11. The van der Waals surface area contributed by atoms with Crippen molar-refractivity contribution in [1.82, 2.24) is 14.9 Å². The zero-order valence-corrected chi connectivity index (χ0v) is 19.6. The Morgan fingerprint density at radius 1 is 0.829 bits per heavy atom. The summed E-state index contributed by atoms with van der Waals surface area (Å²) < 4.78 is 16.1. The molecule has 1 aromatic heterocycles. The first-order valence-corrected chi connectivity index (χ1v) is 12.1. The lowest BCUT2D eigenvalue weighted by atomic mass is 10.1. The number of nitrogens with zero attached hydrogens (tertiary/aromatic N) is 2. The summed E-state index contributed by atoms with van der Waals surface area (Å²) in [6.07, 6.45) is 3.63. The van der Waals surface area contributed by atoms with Crippen LogP contribution in [0.1, 0.15) is 41.0 Å². The van der Waals surface area contributed by atoms with E-state index in [1.807, 2.05) is 6.07 Å². The number of carbonyl (C=O) groups is 1. The van der Waals surface area contributed by atoms with Crippen LogP contribution < -0.4 is 5.32 Å². The molecule has 4 nitrogen and oxygen atoms in total. The van der Waals surface area contributed by atoms with E-state index >= 15 is 0 Å². The van der Waals surface area contributed by atoms with E-state index in [1.165, 1.54) is 28.5 Å². The van der Waals surface area contributed by atoms with Gasteiger partial charge in [0, 0.05) is 19.5 Å². The third-order valence-electron chi connectivity index (χ3n) is 6.37. The SMILES string of the molecule is O=C(NCCCCCc1nc2ccccc2n1Cc1ccc2ccccc2c1)c1ccccc1F. The van der Waals surface area contributed by atoms with Gasteiger partial charge >= 0.3 is 0 Å². The average Bonchev–Trinajstić information content (AvgIpc) is 3.23. The molecule has 1 N–H and O–H groups in total. The Balaban J connectivity index is 1.21. The molecule has 0 unspecified atom stereocenters. The maximum Gasteiger partial charge on any atom is 0.254 e. The molecular formula is C30H28FN3O. The molecule has 35 heavy (non-hydrogen) atoms. The molecule has 1 heterocycles. The van der Waals surface area contributed by atoms with Crippen LogP contribution in [0.4, 0.5) is 4.39 Å². The summed E-state index contributed by atoms with van der Waals surface area (Å²) in [5, 5.41) is 5.31. The van der Waals surface area contributed by atoms with Crippen LogP contribution in [-0.4, -0.2) is 22.0 Å². The van der Waals surface area contributed by atoms with E-state index in [-0.39, 0.29) is 11.5 Å².